The average molecular weight is 266 g/mol. The third-order valence-electron chi connectivity index (χ3n) is 3.36. The molecule has 1 N–H and O–H groups in total. The Hall–Kier alpha value is -2.62. The highest BCUT2D eigenvalue weighted by Gasteiger charge is 2.18. The van der Waals surface area contributed by atoms with Crippen molar-refractivity contribution in [2.45, 2.75) is 13.5 Å². The first-order chi connectivity index (χ1) is 9.70. The zero-order valence-electron chi connectivity index (χ0n) is 11.1. The SMILES string of the molecule is CCn1cc(C(=O)O)c(-c2cccc3ccccc23)n1. The number of aryl methyl sites for hydroxylation is 1. The van der Waals surface area contributed by atoms with Gasteiger partial charge in [0.15, 0.2) is 0 Å². The van der Waals surface area contributed by atoms with Gasteiger partial charge < -0.3 is 5.11 Å². The van der Waals surface area contributed by atoms with Crippen LogP contribution in [0.15, 0.2) is 48.7 Å². The predicted octanol–water partition coefficient (Wildman–Crippen LogP) is 3.42. The monoisotopic (exact) mass is 266 g/mol. The highest BCUT2D eigenvalue weighted by molar-refractivity contribution is 6.02. The van der Waals surface area contributed by atoms with Crippen LogP contribution >= 0.6 is 0 Å². The van der Waals surface area contributed by atoms with Crippen LogP contribution in [-0.2, 0) is 6.54 Å². The summed E-state index contributed by atoms with van der Waals surface area (Å²) in [6.07, 6.45) is 1.58. The fourth-order valence-corrected chi connectivity index (χ4v) is 2.37. The fraction of sp³-hybridized carbons (Fsp3) is 0.125. The second-order valence-electron chi connectivity index (χ2n) is 4.58. The fourth-order valence-electron chi connectivity index (χ4n) is 2.37. The van der Waals surface area contributed by atoms with E-state index in [1.165, 1.54) is 0 Å². The lowest BCUT2D eigenvalue weighted by Crippen LogP contribution is -1.97. The van der Waals surface area contributed by atoms with E-state index >= 15 is 0 Å². The molecule has 0 aliphatic carbocycles. The summed E-state index contributed by atoms with van der Waals surface area (Å²) >= 11 is 0. The second-order valence-corrected chi connectivity index (χ2v) is 4.58. The number of carbonyl (C=O) groups is 1. The number of aromatic carboxylic acids is 1. The maximum absolute atomic E-state index is 11.4. The van der Waals surface area contributed by atoms with E-state index in [9.17, 15) is 9.90 Å². The molecule has 100 valence electrons. The van der Waals surface area contributed by atoms with Crippen LogP contribution in [0.3, 0.4) is 0 Å². The molecule has 0 saturated carbocycles. The lowest BCUT2D eigenvalue weighted by Gasteiger charge is -2.04. The van der Waals surface area contributed by atoms with Crippen LogP contribution in [0.25, 0.3) is 22.0 Å². The molecule has 0 amide bonds. The van der Waals surface area contributed by atoms with Crippen LogP contribution in [0.5, 0.6) is 0 Å². The Labute approximate surface area is 116 Å². The first kappa shape index (κ1) is 12.4. The summed E-state index contributed by atoms with van der Waals surface area (Å²) in [5, 5.41) is 15.8. The third-order valence-corrected chi connectivity index (χ3v) is 3.36. The van der Waals surface area contributed by atoms with E-state index in [1.807, 2.05) is 49.4 Å². The highest BCUT2D eigenvalue weighted by Crippen LogP contribution is 2.29. The molecule has 1 aromatic heterocycles. The van der Waals surface area contributed by atoms with Gasteiger partial charge in [0.25, 0.3) is 0 Å². The number of hydrogen-bond acceptors (Lipinski definition) is 2. The molecule has 1 heterocycles. The molecule has 0 aliphatic rings. The van der Waals surface area contributed by atoms with Gasteiger partial charge in [-0.2, -0.15) is 5.10 Å². The number of aromatic nitrogens is 2. The van der Waals surface area contributed by atoms with Crippen molar-refractivity contribution >= 4 is 16.7 Å². The zero-order chi connectivity index (χ0) is 14.1. The quantitative estimate of drug-likeness (QED) is 0.790. The molecule has 4 nitrogen and oxygen atoms in total. The summed E-state index contributed by atoms with van der Waals surface area (Å²) in [7, 11) is 0. The van der Waals surface area contributed by atoms with E-state index in [0.29, 0.717) is 12.2 Å². The molecule has 0 bridgehead atoms. The molecule has 0 fully saturated rings. The summed E-state index contributed by atoms with van der Waals surface area (Å²) < 4.78 is 1.65. The second kappa shape index (κ2) is 4.81. The molecule has 0 spiro atoms. The summed E-state index contributed by atoms with van der Waals surface area (Å²) in [5.74, 6) is -0.951. The van der Waals surface area contributed by atoms with Gasteiger partial charge in [-0.05, 0) is 17.7 Å². The first-order valence-electron chi connectivity index (χ1n) is 6.49. The Balaban J connectivity index is 2.30. The Kier molecular flexibility index (Phi) is 2.99. The van der Waals surface area contributed by atoms with Gasteiger partial charge in [0, 0.05) is 18.3 Å². The summed E-state index contributed by atoms with van der Waals surface area (Å²) in [6, 6.07) is 13.8. The lowest BCUT2D eigenvalue weighted by atomic mass is 10.0. The minimum Gasteiger partial charge on any atom is -0.478 e. The van der Waals surface area contributed by atoms with Gasteiger partial charge in [0.2, 0.25) is 0 Å². The average Bonchev–Trinajstić information content (AvgIpc) is 2.91. The van der Waals surface area contributed by atoms with Crippen molar-refractivity contribution in [3.8, 4) is 11.3 Å². The Bertz CT molecular complexity index is 785. The topological polar surface area (TPSA) is 55.1 Å². The number of hydrogen-bond donors (Lipinski definition) is 1. The van der Waals surface area contributed by atoms with Crippen LogP contribution < -0.4 is 0 Å². The van der Waals surface area contributed by atoms with Gasteiger partial charge >= 0.3 is 5.97 Å². The zero-order valence-corrected chi connectivity index (χ0v) is 11.1. The van der Waals surface area contributed by atoms with Crippen molar-refractivity contribution in [1.82, 2.24) is 9.78 Å². The Morgan fingerprint density at radius 1 is 1.20 bits per heavy atom. The molecule has 4 heteroatoms. The maximum atomic E-state index is 11.4. The largest absolute Gasteiger partial charge is 0.478 e. The maximum Gasteiger partial charge on any atom is 0.339 e. The van der Waals surface area contributed by atoms with Crippen LogP contribution in [-0.4, -0.2) is 20.9 Å². The van der Waals surface area contributed by atoms with Gasteiger partial charge in [-0.15, -0.1) is 0 Å². The molecule has 3 aromatic rings. The number of carboxylic acid groups (broad SMARTS) is 1. The van der Waals surface area contributed by atoms with E-state index in [4.69, 9.17) is 0 Å². The molecule has 20 heavy (non-hydrogen) atoms. The molecular formula is C16H14N2O2. The van der Waals surface area contributed by atoms with Crippen LogP contribution in [0.1, 0.15) is 17.3 Å². The molecule has 0 atom stereocenters. The highest BCUT2D eigenvalue weighted by atomic mass is 16.4. The van der Waals surface area contributed by atoms with E-state index in [0.717, 1.165) is 16.3 Å². The summed E-state index contributed by atoms with van der Waals surface area (Å²) in [6.45, 7) is 2.58. The minimum atomic E-state index is -0.951. The number of benzene rings is 2. The Morgan fingerprint density at radius 3 is 2.70 bits per heavy atom. The molecular weight excluding hydrogens is 252 g/mol. The van der Waals surface area contributed by atoms with Gasteiger partial charge in [-0.3, -0.25) is 4.68 Å². The smallest absolute Gasteiger partial charge is 0.339 e. The van der Waals surface area contributed by atoms with Crippen molar-refractivity contribution in [2.24, 2.45) is 0 Å². The number of fused-ring (bicyclic) bond motifs is 1. The van der Waals surface area contributed by atoms with E-state index in [2.05, 4.69) is 5.10 Å². The van der Waals surface area contributed by atoms with E-state index < -0.39 is 5.97 Å². The lowest BCUT2D eigenvalue weighted by molar-refractivity contribution is 0.0697. The summed E-state index contributed by atoms with van der Waals surface area (Å²) in [5.41, 5.74) is 1.62. The van der Waals surface area contributed by atoms with Crippen molar-refractivity contribution in [3.05, 3.63) is 54.2 Å². The van der Waals surface area contributed by atoms with Gasteiger partial charge in [0.1, 0.15) is 11.3 Å². The van der Waals surface area contributed by atoms with Crippen molar-refractivity contribution in [3.63, 3.8) is 0 Å². The molecule has 3 rings (SSSR count). The predicted molar refractivity (Wildman–Crippen MR) is 77.8 cm³/mol. The van der Waals surface area contributed by atoms with Crippen LogP contribution in [0, 0.1) is 0 Å². The number of nitrogens with zero attached hydrogens (tertiary/aromatic N) is 2. The van der Waals surface area contributed by atoms with E-state index in [-0.39, 0.29) is 5.56 Å². The van der Waals surface area contributed by atoms with E-state index in [1.54, 1.807) is 10.9 Å². The molecule has 0 unspecified atom stereocenters. The first-order valence-corrected chi connectivity index (χ1v) is 6.49. The van der Waals surface area contributed by atoms with Gasteiger partial charge in [0.05, 0.1) is 0 Å². The van der Waals surface area contributed by atoms with Crippen molar-refractivity contribution in [2.75, 3.05) is 0 Å². The van der Waals surface area contributed by atoms with Gasteiger partial charge in [-0.1, -0.05) is 42.5 Å². The normalized spacial score (nSPS) is 10.8. The molecule has 0 radical (unpaired) electrons. The molecule has 0 saturated heterocycles. The standard InChI is InChI=1S/C16H14N2O2/c1-2-18-10-14(16(19)20)15(17-18)13-9-5-7-11-6-3-4-8-12(11)13/h3-10H,2H2,1H3,(H,19,20). The Morgan fingerprint density at radius 2 is 1.95 bits per heavy atom. The molecule has 0 aliphatic heterocycles. The molecule has 2 aromatic carbocycles. The number of rotatable bonds is 3. The van der Waals surface area contributed by atoms with Crippen molar-refractivity contribution < 1.29 is 9.90 Å². The summed E-state index contributed by atoms with van der Waals surface area (Å²) in [4.78, 5) is 11.4. The van der Waals surface area contributed by atoms with Crippen molar-refractivity contribution in [1.29, 1.82) is 0 Å². The van der Waals surface area contributed by atoms with Crippen LogP contribution in [0.2, 0.25) is 0 Å². The minimum absolute atomic E-state index is 0.239. The van der Waals surface area contributed by atoms with Gasteiger partial charge in [-0.25, -0.2) is 4.79 Å². The third kappa shape index (κ3) is 1.95. The van der Waals surface area contributed by atoms with Crippen LogP contribution in [0.4, 0.5) is 0 Å². The number of carboxylic acids is 1.